The largest absolute Gasteiger partial charge is 0.480 e. The van der Waals surface area contributed by atoms with E-state index in [1.165, 1.54) is 42.4 Å². The first-order valence-corrected chi connectivity index (χ1v) is 21.8. The van der Waals surface area contributed by atoms with Crippen molar-refractivity contribution in [1.29, 1.82) is 0 Å². The van der Waals surface area contributed by atoms with Gasteiger partial charge in [0.2, 0.25) is 47.3 Å². The van der Waals surface area contributed by atoms with E-state index in [0.29, 0.717) is 38.5 Å². The van der Waals surface area contributed by atoms with E-state index in [1.54, 1.807) is 13.8 Å². The first-order chi connectivity index (χ1) is 29.4. The molecule has 0 radical (unpaired) electrons. The molecule has 12 atom stereocenters. The van der Waals surface area contributed by atoms with Crippen molar-refractivity contribution in [3.05, 3.63) is 0 Å². The average Bonchev–Trinajstić information content (AvgIpc) is 4.00. The molecule has 356 valence electrons. The Bertz CT molecular complexity index is 1690. The fourth-order valence-electron chi connectivity index (χ4n) is 8.20. The minimum absolute atomic E-state index is 0.0592. The number of carboxylic acids is 1. The van der Waals surface area contributed by atoms with Crippen molar-refractivity contribution in [2.24, 2.45) is 17.6 Å². The molecule has 11 N–H and O–H groups in total. The van der Waals surface area contributed by atoms with Crippen molar-refractivity contribution in [2.45, 2.75) is 173 Å². The highest BCUT2D eigenvalue weighted by Gasteiger charge is 2.45. The first-order valence-electron chi connectivity index (χ1n) is 21.8. The van der Waals surface area contributed by atoms with Crippen LogP contribution < -0.4 is 32.3 Å². The summed E-state index contributed by atoms with van der Waals surface area (Å²) in [6.07, 6.45) is -1.98. The van der Waals surface area contributed by atoms with Gasteiger partial charge in [-0.2, -0.15) is 0 Å². The van der Waals surface area contributed by atoms with Gasteiger partial charge in [-0.15, -0.1) is 0 Å². The number of likely N-dealkylation sites (tertiary alicyclic amines) is 3. The van der Waals surface area contributed by atoms with Gasteiger partial charge in [0, 0.05) is 19.6 Å². The zero-order valence-electron chi connectivity index (χ0n) is 37.5. The first kappa shape index (κ1) is 52.4. The molecule has 3 rings (SSSR count). The van der Waals surface area contributed by atoms with E-state index < -0.39 is 132 Å². The van der Waals surface area contributed by atoms with Crippen LogP contribution in [0.25, 0.3) is 0 Å². The Labute approximate surface area is 367 Å². The number of nitrogens with two attached hydrogens (primary N) is 1. The molecule has 0 unspecified atom stereocenters. The van der Waals surface area contributed by atoms with E-state index in [2.05, 4.69) is 26.6 Å². The van der Waals surface area contributed by atoms with E-state index in [4.69, 9.17) is 5.73 Å². The smallest absolute Gasteiger partial charge is 0.326 e. The topological polar surface area (TPSA) is 330 Å². The van der Waals surface area contributed by atoms with E-state index in [0.717, 1.165) is 0 Å². The Hall–Kier alpha value is -4.93. The van der Waals surface area contributed by atoms with E-state index >= 15 is 0 Å². The molecule has 8 amide bonds. The van der Waals surface area contributed by atoms with Gasteiger partial charge in [-0.05, 0) is 84.5 Å². The molecular formula is C41H69N9O13. The van der Waals surface area contributed by atoms with Gasteiger partial charge in [-0.25, -0.2) is 4.79 Å². The Kier molecular flexibility index (Phi) is 19.2. The van der Waals surface area contributed by atoms with Crippen molar-refractivity contribution in [2.75, 3.05) is 19.6 Å². The molecule has 3 fully saturated rings. The summed E-state index contributed by atoms with van der Waals surface area (Å²) in [5.41, 5.74) is 5.93. The second-order valence-electron chi connectivity index (χ2n) is 17.8. The lowest BCUT2D eigenvalue weighted by Crippen LogP contribution is -2.63. The third-order valence-electron chi connectivity index (χ3n) is 11.7. The van der Waals surface area contributed by atoms with Crippen molar-refractivity contribution in [1.82, 2.24) is 41.3 Å². The van der Waals surface area contributed by atoms with Crippen LogP contribution in [0.1, 0.15) is 100 Å². The maximum atomic E-state index is 14.1. The van der Waals surface area contributed by atoms with Gasteiger partial charge in [0.25, 0.3) is 0 Å². The molecule has 22 heteroatoms. The molecule has 3 heterocycles. The summed E-state index contributed by atoms with van der Waals surface area (Å²) in [5, 5.41) is 53.3. The summed E-state index contributed by atoms with van der Waals surface area (Å²) in [4.78, 5) is 123. The zero-order chi connectivity index (χ0) is 47.6. The lowest BCUT2D eigenvalue weighted by Gasteiger charge is -2.33. The number of aliphatic hydroxyl groups excluding tert-OH is 3. The van der Waals surface area contributed by atoms with Gasteiger partial charge in [0.1, 0.15) is 48.3 Å². The van der Waals surface area contributed by atoms with Crippen LogP contribution in [-0.2, 0) is 43.2 Å². The van der Waals surface area contributed by atoms with Gasteiger partial charge in [-0.3, -0.25) is 38.4 Å². The molecule has 0 bridgehead atoms. The average molecular weight is 896 g/mol. The fraction of sp³-hybridized carbons (Fsp3) is 0.780. The van der Waals surface area contributed by atoms with E-state index in [9.17, 15) is 63.6 Å². The van der Waals surface area contributed by atoms with Crippen molar-refractivity contribution in [3.63, 3.8) is 0 Å². The second-order valence-corrected chi connectivity index (χ2v) is 17.8. The molecule has 3 saturated heterocycles. The molecule has 0 aliphatic carbocycles. The quantitative estimate of drug-likeness (QED) is 0.0572. The minimum atomic E-state index is -1.66. The van der Waals surface area contributed by atoms with Crippen LogP contribution in [0.2, 0.25) is 0 Å². The van der Waals surface area contributed by atoms with Crippen LogP contribution >= 0.6 is 0 Å². The van der Waals surface area contributed by atoms with Crippen LogP contribution in [0.3, 0.4) is 0 Å². The summed E-state index contributed by atoms with van der Waals surface area (Å²) < 4.78 is 0. The summed E-state index contributed by atoms with van der Waals surface area (Å²) >= 11 is 0. The summed E-state index contributed by atoms with van der Waals surface area (Å²) in [6.45, 7) is 12.6. The van der Waals surface area contributed by atoms with Crippen LogP contribution in [0.15, 0.2) is 0 Å². The Morgan fingerprint density at radius 1 is 0.540 bits per heavy atom. The minimum Gasteiger partial charge on any atom is -0.480 e. The molecule has 22 nitrogen and oxygen atoms in total. The molecule has 3 aliphatic heterocycles. The monoisotopic (exact) mass is 896 g/mol. The van der Waals surface area contributed by atoms with Gasteiger partial charge >= 0.3 is 5.97 Å². The number of hydrogen-bond acceptors (Lipinski definition) is 13. The number of nitrogens with one attached hydrogen (secondary N) is 5. The van der Waals surface area contributed by atoms with Gasteiger partial charge in [0.05, 0.1) is 24.4 Å². The standard InChI is InChI=1S/C41H69N9O13/c1-19(2)18-25(42)33(54)45-31(23(7)52)37(58)47-32(24(8)53)36(57)44-29(20(3)4)40(61)48-15-9-12-26(48)34(55)46-30(22(6)51)35(56)43-21(5)38(59)49-16-10-13-27(49)39(60)50-17-11-14-28(50)41(62)63/h19-32,51-53H,9-18,42H2,1-8H3,(H,43,56)(H,44,57)(H,45,54)(H,46,55)(H,47,58)(H,62,63)/t21-,22+,23+,24+,25-,26-,27-,28-,29-,30-,31-,32-/m0/s1. The summed E-state index contributed by atoms with van der Waals surface area (Å²) in [5.74, 6) is -7.82. The Morgan fingerprint density at radius 2 is 0.952 bits per heavy atom. The van der Waals surface area contributed by atoms with E-state index in [1.807, 2.05) is 13.8 Å². The summed E-state index contributed by atoms with van der Waals surface area (Å²) in [6, 6.07) is -11.3. The van der Waals surface area contributed by atoms with Gasteiger partial charge < -0.3 is 67.4 Å². The maximum Gasteiger partial charge on any atom is 0.326 e. The molecule has 0 aromatic rings. The van der Waals surface area contributed by atoms with Crippen molar-refractivity contribution in [3.8, 4) is 0 Å². The zero-order valence-corrected chi connectivity index (χ0v) is 37.5. The number of nitrogens with zero attached hydrogens (tertiary/aromatic N) is 3. The Balaban J connectivity index is 1.68. The van der Waals surface area contributed by atoms with Crippen LogP contribution in [-0.4, -0.2) is 181 Å². The SMILES string of the molecule is CC(C)C[C@H](N)C(=O)N[C@H](C(=O)N[C@H](C(=O)N[C@H](C(=O)N1CCC[C@H]1C(=O)N[C@H](C(=O)N[C@@H](C)C(=O)N1CCC[C@H]1C(=O)N1CCC[C@H]1C(=O)O)[C@@H](C)O)C(C)C)[C@@H](C)O)[C@@H](C)O. The number of carbonyl (C=O) groups is 9. The van der Waals surface area contributed by atoms with E-state index in [-0.39, 0.29) is 32.0 Å². The van der Waals surface area contributed by atoms with Gasteiger partial charge in [-0.1, -0.05) is 27.7 Å². The highest BCUT2D eigenvalue weighted by atomic mass is 16.4. The molecular weight excluding hydrogens is 827 g/mol. The van der Waals surface area contributed by atoms with Crippen LogP contribution in [0.4, 0.5) is 0 Å². The maximum absolute atomic E-state index is 14.1. The van der Waals surface area contributed by atoms with Crippen molar-refractivity contribution >= 4 is 53.2 Å². The molecule has 0 spiro atoms. The van der Waals surface area contributed by atoms with Crippen molar-refractivity contribution < 1.29 is 63.6 Å². The number of carboxylic acid groups (broad SMARTS) is 1. The lowest BCUT2D eigenvalue weighted by atomic mass is 10.0. The molecule has 0 aromatic carbocycles. The molecule has 0 saturated carbocycles. The van der Waals surface area contributed by atoms with Crippen LogP contribution in [0, 0.1) is 11.8 Å². The number of aliphatic carboxylic acids is 1. The van der Waals surface area contributed by atoms with Gasteiger partial charge in [0.15, 0.2) is 0 Å². The second kappa shape index (κ2) is 23.1. The predicted molar refractivity (Wildman–Crippen MR) is 224 cm³/mol. The normalized spacial score (nSPS) is 23.1. The highest BCUT2D eigenvalue weighted by Crippen LogP contribution is 2.26. The molecule has 0 aromatic heterocycles. The number of rotatable bonds is 20. The third kappa shape index (κ3) is 13.5. The number of carbonyl (C=O) groups excluding carboxylic acids is 8. The highest BCUT2D eigenvalue weighted by molar-refractivity contribution is 5.98. The van der Waals surface area contributed by atoms with Crippen LogP contribution in [0.5, 0.6) is 0 Å². The Morgan fingerprint density at radius 3 is 1.43 bits per heavy atom. The predicted octanol–water partition coefficient (Wildman–Crippen LogP) is -3.34. The fourth-order valence-corrected chi connectivity index (χ4v) is 8.20. The lowest BCUT2D eigenvalue weighted by molar-refractivity contribution is -0.152. The number of hydrogen-bond donors (Lipinski definition) is 10. The third-order valence-corrected chi connectivity index (χ3v) is 11.7. The number of aliphatic hydroxyl groups is 3. The summed E-state index contributed by atoms with van der Waals surface area (Å²) in [7, 11) is 0. The number of amides is 8. The molecule has 63 heavy (non-hydrogen) atoms. The molecule has 3 aliphatic rings.